The van der Waals surface area contributed by atoms with Gasteiger partial charge in [-0.25, -0.2) is 0 Å². The SMILES string of the molecule is C=C(C)N(C)CC/C(C)=N\O.CC. The Morgan fingerprint density at radius 2 is 1.85 bits per heavy atom. The van der Waals surface area contributed by atoms with Crippen LogP contribution >= 0.6 is 0 Å². The molecule has 1 N–H and O–H groups in total. The van der Waals surface area contributed by atoms with Gasteiger partial charge in [0.25, 0.3) is 0 Å². The van der Waals surface area contributed by atoms with E-state index in [9.17, 15) is 0 Å². The largest absolute Gasteiger partial charge is 0.411 e. The van der Waals surface area contributed by atoms with Crippen molar-refractivity contribution in [3.05, 3.63) is 12.3 Å². The van der Waals surface area contributed by atoms with Crippen LogP contribution in [-0.4, -0.2) is 29.4 Å². The van der Waals surface area contributed by atoms with Crippen LogP contribution in [0.3, 0.4) is 0 Å². The number of hydrogen-bond acceptors (Lipinski definition) is 3. The van der Waals surface area contributed by atoms with Crippen molar-refractivity contribution in [2.45, 2.75) is 34.1 Å². The third-order valence-electron chi connectivity index (χ3n) is 1.63. The van der Waals surface area contributed by atoms with Crippen LogP contribution in [0.4, 0.5) is 0 Å². The highest BCUT2D eigenvalue weighted by Crippen LogP contribution is 1.97. The van der Waals surface area contributed by atoms with Crippen molar-refractivity contribution in [1.82, 2.24) is 4.90 Å². The van der Waals surface area contributed by atoms with E-state index in [2.05, 4.69) is 11.7 Å². The van der Waals surface area contributed by atoms with Crippen molar-refractivity contribution in [3.63, 3.8) is 0 Å². The highest BCUT2D eigenvalue weighted by molar-refractivity contribution is 5.81. The van der Waals surface area contributed by atoms with Gasteiger partial charge < -0.3 is 10.1 Å². The molecule has 0 saturated heterocycles. The molecule has 3 nitrogen and oxygen atoms in total. The van der Waals surface area contributed by atoms with Gasteiger partial charge in [0.1, 0.15) is 0 Å². The first-order chi connectivity index (χ1) is 6.07. The molecule has 78 valence electrons. The molecule has 0 aliphatic carbocycles. The maximum atomic E-state index is 8.33. The molecule has 0 amide bonds. The topological polar surface area (TPSA) is 35.8 Å². The van der Waals surface area contributed by atoms with Gasteiger partial charge >= 0.3 is 0 Å². The normalized spacial score (nSPS) is 10.1. The monoisotopic (exact) mass is 186 g/mol. The lowest BCUT2D eigenvalue weighted by molar-refractivity contribution is 0.315. The van der Waals surface area contributed by atoms with Crippen LogP contribution in [0.5, 0.6) is 0 Å². The smallest absolute Gasteiger partial charge is 0.0557 e. The van der Waals surface area contributed by atoms with Crippen LogP contribution in [0, 0.1) is 0 Å². The van der Waals surface area contributed by atoms with Crippen molar-refractivity contribution in [2.75, 3.05) is 13.6 Å². The molecular formula is C10H22N2O. The Kier molecular flexibility index (Phi) is 10.2. The van der Waals surface area contributed by atoms with Crippen molar-refractivity contribution in [1.29, 1.82) is 0 Å². The molecule has 0 unspecified atom stereocenters. The van der Waals surface area contributed by atoms with E-state index in [4.69, 9.17) is 5.21 Å². The molecule has 0 spiro atoms. The van der Waals surface area contributed by atoms with Crippen LogP contribution in [0.15, 0.2) is 17.4 Å². The first-order valence-electron chi connectivity index (χ1n) is 4.62. The minimum atomic E-state index is 0.748. The molecule has 0 aromatic heterocycles. The molecule has 0 aromatic carbocycles. The number of oxime groups is 1. The standard InChI is InChI=1S/C8H16N2O.C2H6/c1-7(2)10(4)6-5-8(3)9-11;1-2/h11H,1,5-6H2,2-4H3;1-2H3/b9-8-;. The summed E-state index contributed by atoms with van der Waals surface area (Å²) in [6.07, 6.45) is 0.778. The molecule has 0 bridgehead atoms. The van der Waals surface area contributed by atoms with Gasteiger partial charge in [-0.15, -0.1) is 0 Å². The maximum Gasteiger partial charge on any atom is 0.0557 e. The molecule has 0 rings (SSSR count). The van der Waals surface area contributed by atoms with Crippen LogP contribution in [0.25, 0.3) is 0 Å². The summed E-state index contributed by atoms with van der Waals surface area (Å²) in [5.74, 6) is 0. The fourth-order valence-electron chi connectivity index (χ4n) is 0.570. The Bertz CT molecular complexity index is 164. The van der Waals surface area contributed by atoms with E-state index >= 15 is 0 Å². The second kappa shape index (κ2) is 9.10. The number of nitrogens with zero attached hydrogens (tertiary/aromatic N) is 2. The zero-order valence-corrected chi connectivity index (χ0v) is 9.46. The summed E-state index contributed by atoms with van der Waals surface area (Å²) < 4.78 is 0. The summed E-state index contributed by atoms with van der Waals surface area (Å²) in [7, 11) is 1.97. The summed E-state index contributed by atoms with van der Waals surface area (Å²) in [6, 6.07) is 0. The first-order valence-corrected chi connectivity index (χ1v) is 4.62. The van der Waals surface area contributed by atoms with E-state index in [-0.39, 0.29) is 0 Å². The van der Waals surface area contributed by atoms with E-state index in [0.717, 1.165) is 24.4 Å². The van der Waals surface area contributed by atoms with Gasteiger partial charge in [-0.05, 0) is 13.8 Å². The summed E-state index contributed by atoms with van der Waals surface area (Å²) in [5, 5.41) is 11.4. The molecule has 0 fully saturated rings. The molecule has 0 heterocycles. The Hall–Kier alpha value is -0.990. The highest BCUT2D eigenvalue weighted by Gasteiger charge is 1.97. The predicted octanol–water partition coefficient (Wildman–Crippen LogP) is 2.72. The van der Waals surface area contributed by atoms with Crippen molar-refractivity contribution >= 4 is 5.71 Å². The number of hydrogen-bond donors (Lipinski definition) is 1. The van der Waals surface area contributed by atoms with Crippen LogP contribution in [0.2, 0.25) is 0 Å². The van der Waals surface area contributed by atoms with Gasteiger partial charge in [-0.3, -0.25) is 0 Å². The van der Waals surface area contributed by atoms with E-state index in [1.807, 2.05) is 32.7 Å². The Morgan fingerprint density at radius 1 is 1.38 bits per heavy atom. The molecule has 0 saturated carbocycles. The third kappa shape index (κ3) is 8.92. The molecule has 0 aliphatic heterocycles. The molecule has 3 heteroatoms. The summed E-state index contributed by atoms with van der Waals surface area (Å²) in [4.78, 5) is 2.02. The summed E-state index contributed by atoms with van der Waals surface area (Å²) in [6.45, 7) is 12.4. The average Bonchev–Trinajstić information content (AvgIpc) is 2.16. The van der Waals surface area contributed by atoms with Gasteiger partial charge in [-0.1, -0.05) is 25.6 Å². The Balaban J connectivity index is 0. The van der Waals surface area contributed by atoms with E-state index in [1.165, 1.54) is 0 Å². The zero-order chi connectivity index (χ0) is 10.9. The van der Waals surface area contributed by atoms with Crippen molar-refractivity contribution < 1.29 is 5.21 Å². The van der Waals surface area contributed by atoms with Gasteiger partial charge in [-0.2, -0.15) is 0 Å². The Labute approximate surface area is 81.7 Å². The highest BCUT2D eigenvalue weighted by atomic mass is 16.4. The molecule has 0 radical (unpaired) electrons. The second-order valence-corrected chi connectivity index (χ2v) is 2.74. The van der Waals surface area contributed by atoms with Crippen LogP contribution in [0.1, 0.15) is 34.1 Å². The van der Waals surface area contributed by atoms with E-state index < -0.39 is 0 Å². The number of allylic oxidation sites excluding steroid dienone is 1. The second-order valence-electron chi connectivity index (χ2n) is 2.74. The van der Waals surface area contributed by atoms with Crippen LogP contribution in [-0.2, 0) is 0 Å². The Morgan fingerprint density at radius 3 is 2.15 bits per heavy atom. The zero-order valence-electron chi connectivity index (χ0n) is 9.46. The van der Waals surface area contributed by atoms with E-state index in [1.54, 1.807) is 6.92 Å². The van der Waals surface area contributed by atoms with Crippen molar-refractivity contribution in [2.24, 2.45) is 5.16 Å². The quantitative estimate of drug-likeness (QED) is 0.416. The minimum absolute atomic E-state index is 0.748. The molecule has 0 atom stereocenters. The maximum absolute atomic E-state index is 8.33. The number of rotatable bonds is 4. The summed E-state index contributed by atoms with van der Waals surface area (Å²) >= 11 is 0. The first kappa shape index (κ1) is 14.5. The fraction of sp³-hybridized carbons (Fsp3) is 0.700. The lowest BCUT2D eigenvalue weighted by atomic mass is 10.3. The van der Waals surface area contributed by atoms with Gasteiger partial charge in [0, 0.05) is 25.7 Å². The van der Waals surface area contributed by atoms with Gasteiger partial charge in [0.05, 0.1) is 5.71 Å². The van der Waals surface area contributed by atoms with Crippen molar-refractivity contribution in [3.8, 4) is 0 Å². The lowest BCUT2D eigenvalue weighted by Crippen LogP contribution is -2.18. The molecule has 0 aliphatic rings. The summed E-state index contributed by atoms with van der Waals surface area (Å²) in [5.41, 5.74) is 1.77. The fourth-order valence-corrected chi connectivity index (χ4v) is 0.570. The van der Waals surface area contributed by atoms with Gasteiger partial charge in [0.2, 0.25) is 0 Å². The molecule has 0 aromatic rings. The predicted molar refractivity (Wildman–Crippen MR) is 58.3 cm³/mol. The third-order valence-corrected chi connectivity index (χ3v) is 1.63. The van der Waals surface area contributed by atoms with Gasteiger partial charge in [0.15, 0.2) is 0 Å². The molecular weight excluding hydrogens is 164 g/mol. The average molecular weight is 186 g/mol. The molecule has 13 heavy (non-hydrogen) atoms. The minimum Gasteiger partial charge on any atom is -0.411 e. The van der Waals surface area contributed by atoms with Crippen LogP contribution < -0.4 is 0 Å². The lowest BCUT2D eigenvalue weighted by Gasteiger charge is -2.17. The van der Waals surface area contributed by atoms with E-state index in [0.29, 0.717) is 0 Å².